The average molecular weight is 519 g/mol. The molecular formula is C29H27FN2O6. The molecule has 0 amide bonds. The molecule has 0 saturated heterocycles. The van der Waals surface area contributed by atoms with E-state index in [1.54, 1.807) is 24.3 Å². The molecule has 3 aromatic carbocycles. The first-order valence-corrected chi connectivity index (χ1v) is 12.4. The Hall–Kier alpha value is -4.58. The molecule has 0 heterocycles. The van der Waals surface area contributed by atoms with Crippen molar-refractivity contribution >= 4 is 22.9 Å². The second kappa shape index (κ2) is 11.2. The number of phenols is 2. The summed E-state index contributed by atoms with van der Waals surface area (Å²) in [5.74, 6) is -4.40. The number of unbranched alkanes of at least 4 members (excludes halogenated alkanes) is 2. The van der Waals surface area contributed by atoms with E-state index in [9.17, 15) is 19.8 Å². The van der Waals surface area contributed by atoms with Crippen molar-refractivity contribution in [2.24, 2.45) is 0 Å². The number of rotatable bonds is 10. The van der Waals surface area contributed by atoms with E-state index in [1.165, 1.54) is 0 Å². The van der Waals surface area contributed by atoms with Gasteiger partial charge in [0, 0.05) is 5.69 Å². The Kier molecular flexibility index (Phi) is 7.82. The van der Waals surface area contributed by atoms with Crippen LogP contribution in [0.15, 0.2) is 36.4 Å². The molecule has 3 aromatic rings. The fraction of sp³-hybridized carbons (Fsp3) is 0.276. The largest absolute Gasteiger partial charge is 0.507 e. The van der Waals surface area contributed by atoms with Crippen molar-refractivity contribution in [3.05, 3.63) is 70.0 Å². The van der Waals surface area contributed by atoms with Gasteiger partial charge in [0.15, 0.2) is 17.3 Å². The summed E-state index contributed by atoms with van der Waals surface area (Å²) in [5.41, 5.74) is -1.02. The summed E-state index contributed by atoms with van der Waals surface area (Å²) in [6.45, 7) is 4.22. The lowest BCUT2D eigenvalue weighted by Crippen LogP contribution is -2.25. The first-order valence-electron chi connectivity index (χ1n) is 12.4. The molecule has 9 heteroatoms. The van der Waals surface area contributed by atoms with Gasteiger partial charge >= 0.3 is 0 Å². The van der Waals surface area contributed by atoms with Gasteiger partial charge in [-0.05, 0) is 49.2 Å². The van der Waals surface area contributed by atoms with Crippen LogP contribution < -0.4 is 14.8 Å². The number of hydrogen-bond acceptors (Lipinski definition) is 8. The summed E-state index contributed by atoms with van der Waals surface area (Å²) in [7, 11) is 0. The van der Waals surface area contributed by atoms with Crippen molar-refractivity contribution in [3.63, 3.8) is 0 Å². The van der Waals surface area contributed by atoms with E-state index in [0.717, 1.165) is 25.0 Å². The predicted molar refractivity (Wildman–Crippen MR) is 138 cm³/mol. The summed E-state index contributed by atoms with van der Waals surface area (Å²) >= 11 is 0. The van der Waals surface area contributed by atoms with Crippen molar-refractivity contribution in [2.75, 3.05) is 18.5 Å². The summed E-state index contributed by atoms with van der Waals surface area (Å²) < 4.78 is 27.9. The molecule has 1 aliphatic carbocycles. The maximum absolute atomic E-state index is 16.1. The lowest BCUT2D eigenvalue weighted by Gasteiger charge is -2.26. The van der Waals surface area contributed by atoms with Crippen molar-refractivity contribution in [3.8, 4) is 29.1 Å². The highest BCUT2D eigenvalue weighted by Crippen LogP contribution is 2.49. The maximum Gasteiger partial charge on any atom is 0.201 e. The van der Waals surface area contributed by atoms with Gasteiger partial charge in [-0.25, -0.2) is 4.39 Å². The molecule has 38 heavy (non-hydrogen) atoms. The number of carbonyl (C=O) groups is 2. The highest BCUT2D eigenvalue weighted by molar-refractivity contribution is 6.32. The molecule has 0 radical (unpaired) electrons. The van der Waals surface area contributed by atoms with Crippen LogP contribution in [-0.2, 0) is 0 Å². The number of nitrogens with zero attached hydrogens (tertiary/aromatic N) is 1. The number of halogens is 1. The zero-order valence-electron chi connectivity index (χ0n) is 21.1. The number of hydrogen-bond donors (Lipinski definition) is 3. The summed E-state index contributed by atoms with van der Waals surface area (Å²) in [5, 5.41) is 33.0. The van der Waals surface area contributed by atoms with Crippen LogP contribution >= 0.6 is 0 Å². The van der Waals surface area contributed by atoms with E-state index in [1.807, 2.05) is 19.9 Å². The molecule has 3 N–H and O–H groups in total. The highest BCUT2D eigenvalue weighted by atomic mass is 19.1. The molecule has 1 aliphatic rings. The van der Waals surface area contributed by atoms with Gasteiger partial charge in [0.05, 0.1) is 52.8 Å². The molecule has 0 unspecified atom stereocenters. The van der Waals surface area contributed by atoms with Gasteiger partial charge in [0.2, 0.25) is 11.6 Å². The third-order valence-electron chi connectivity index (χ3n) is 6.19. The number of ether oxygens (including phenoxy) is 2. The van der Waals surface area contributed by atoms with E-state index in [-0.39, 0.29) is 36.0 Å². The van der Waals surface area contributed by atoms with Crippen LogP contribution in [0.1, 0.15) is 76.9 Å². The number of aromatic hydroxyl groups is 2. The fourth-order valence-corrected chi connectivity index (χ4v) is 4.20. The van der Waals surface area contributed by atoms with Crippen molar-refractivity contribution in [2.45, 2.75) is 39.5 Å². The van der Waals surface area contributed by atoms with E-state index >= 15 is 4.39 Å². The first kappa shape index (κ1) is 26.5. The predicted octanol–water partition coefficient (Wildman–Crippen LogP) is 5.99. The van der Waals surface area contributed by atoms with Gasteiger partial charge in [0.25, 0.3) is 0 Å². The Morgan fingerprint density at radius 2 is 1.34 bits per heavy atom. The topological polar surface area (TPSA) is 129 Å². The standard InChI is InChI=1S/C29H27FN2O6/c1-3-5-13-37-28-24(30)22-23(27(36)21-19(34)12-11-18(33)20(21)26(22)35)25(29(28)38-14-6-4-2)32-17-9-7-16(15-31)8-10-17/h7-12,32-34H,3-6,13-14H2,1-2H3. The lowest BCUT2D eigenvalue weighted by molar-refractivity contribution is 0.0969. The molecule has 8 nitrogen and oxygen atoms in total. The average Bonchev–Trinajstić information content (AvgIpc) is 2.91. The van der Waals surface area contributed by atoms with Crippen molar-refractivity contribution in [1.29, 1.82) is 5.26 Å². The number of benzene rings is 3. The third kappa shape index (κ3) is 4.73. The highest BCUT2D eigenvalue weighted by Gasteiger charge is 2.42. The van der Waals surface area contributed by atoms with Crippen LogP contribution in [0, 0.1) is 17.1 Å². The van der Waals surface area contributed by atoms with Crippen molar-refractivity contribution in [1.82, 2.24) is 0 Å². The van der Waals surface area contributed by atoms with Crippen LogP contribution in [-0.4, -0.2) is 35.0 Å². The van der Waals surface area contributed by atoms with Gasteiger partial charge in [-0.15, -0.1) is 0 Å². The fourth-order valence-electron chi connectivity index (χ4n) is 4.20. The van der Waals surface area contributed by atoms with Crippen LogP contribution in [0.5, 0.6) is 23.0 Å². The Labute approximate surface area is 219 Å². The quantitative estimate of drug-likeness (QED) is 0.173. The molecule has 0 bridgehead atoms. The van der Waals surface area contributed by atoms with Crippen molar-refractivity contribution < 1.29 is 33.7 Å². The van der Waals surface area contributed by atoms with Gasteiger partial charge in [-0.2, -0.15) is 5.26 Å². The van der Waals surface area contributed by atoms with Crippen LogP contribution in [0.3, 0.4) is 0 Å². The zero-order valence-corrected chi connectivity index (χ0v) is 21.1. The smallest absolute Gasteiger partial charge is 0.201 e. The molecule has 0 spiro atoms. The maximum atomic E-state index is 16.1. The van der Waals surface area contributed by atoms with Gasteiger partial charge < -0.3 is 25.0 Å². The third-order valence-corrected chi connectivity index (χ3v) is 6.19. The summed E-state index contributed by atoms with van der Waals surface area (Å²) in [4.78, 5) is 27.3. The van der Waals surface area contributed by atoms with Gasteiger partial charge in [-0.1, -0.05) is 26.7 Å². The second-order valence-electron chi connectivity index (χ2n) is 8.83. The molecule has 0 aromatic heterocycles. The number of anilines is 2. The second-order valence-corrected chi connectivity index (χ2v) is 8.83. The molecule has 4 rings (SSSR count). The van der Waals surface area contributed by atoms with Crippen LogP contribution in [0.25, 0.3) is 0 Å². The molecule has 0 fully saturated rings. The van der Waals surface area contributed by atoms with Crippen LogP contribution in [0.4, 0.5) is 15.8 Å². The Morgan fingerprint density at radius 1 is 0.816 bits per heavy atom. The van der Waals surface area contributed by atoms with E-state index in [0.29, 0.717) is 24.1 Å². The zero-order chi connectivity index (χ0) is 27.4. The number of nitriles is 1. The minimum atomic E-state index is -1.08. The van der Waals surface area contributed by atoms with E-state index < -0.39 is 45.6 Å². The molecule has 0 atom stereocenters. The lowest BCUT2D eigenvalue weighted by atomic mass is 9.81. The number of ketones is 2. The molecule has 0 saturated carbocycles. The summed E-state index contributed by atoms with van der Waals surface area (Å²) in [6.07, 6.45) is 2.80. The molecule has 0 aliphatic heterocycles. The number of nitrogens with one attached hydrogen (secondary N) is 1. The molecular weight excluding hydrogens is 491 g/mol. The minimum absolute atomic E-state index is 0.0135. The number of phenolic OH excluding ortho intramolecular Hbond substituents is 2. The Balaban J connectivity index is 2.01. The normalized spacial score (nSPS) is 11.9. The SMILES string of the molecule is CCCCOc1c(F)c2c(c(Nc3ccc(C#N)cc3)c1OCCCC)C(=O)c1c(O)ccc(O)c1C2=O. The Morgan fingerprint density at radius 3 is 1.87 bits per heavy atom. The Bertz CT molecular complexity index is 1440. The monoisotopic (exact) mass is 518 g/mol. The minimum Gasteiger partial charge on any atom is -0.507 e. The molecule has 196 valence electrons. The number of carbonyl (C=O) groups excluding carboxylic acids is 2. The van der Waals surface area contributed by atoms with Gasteiger partial charge in [-0.3, -0.25) is 9.59 Å². The van der Waals surface area contributed by atoms with E-state index in [2.05, 4.69) is 5.32 Å². The van der Waals surface area contributed by atoms with E-state index in [4.69, 9.17) is 14.7 Å². The number of fused-ring (bicyclic) bond motifs is 2. The summed E-state index contributed by atoms with van der Waals surface area (Å²) in [6, 6.07) is 10.5. The van der Waals surface area contributed by atoms with Gasteiger partial charge in [0.1, 0.15) is 11.5 Å². The van der Waals surface area contributed by atoms with Crippen LogP contribution in [0.2, 0.25) is 0 Å². The first-order chi connectivity index (χ1) is 18.3.